The summed E-state index contributed by atoms with van der Waals surface area (Å²) in [4.78, 5) is 19.1. The van der Waals surface area contributed by atoms with Crippen LogP contribution in [-0.4, -0.2) is 23.1 Å². The van der Waals surface area contributed by atoms with Crippen LogP contribution >= 0.6 is 0 Å². The fourth-order valence-corrected chi connectivity index (χ4v) is 2.12. The average molecular weight is 221 g/mol. The Morgan fingerprint density at radius 3 is 2.94 bits per heavy atom. The number of hydrogen-bond donors (Lipinski definition) is 2. The molecule has 2 N–H and O–H groups in total. The standard InChI is InChI=1S/C12H19N3O/c1-8(2)5-10-7-14-11(15-12(10)16)9-3-4-13-6-9/h7-9,13H,3-6H2,1-2H3,(H,14,15,16). The SMILES string of the molecule is CC(C)Cc1cnc(C2CCNC2)[nH]c1=O. The summed E-state index contributed by atoms with van der Waals surface area (Å²) in [6, 6.07) is 0. The van der Waals surface area contributed by atoms with Gasteiger partial charge in [-0.3, -0.25) is 4.79 Å². The Labute approximate surface area is 95.5 Å². The fourth-order valence-electron chi connectivity index (χ4n) is 2.12. The van der Waals surface area contributed by atoms with Crippen LogP contribution in [0.1, 0.15) is 37.6 Å². The summed E-state index contributed by atoms with van der Waals surface area (Å²) < 4.78 is 0. The number of hydrogen-bond acceptors (Lipinski definition) is 3. The summed E-state index contributed by atoms with van der Waals surface area (Å²) in [7, 11) is 0. The maximum Gasteiger partial charge on any atom is 0.254 e. The summed E-state index contributed by atoms with van der Waals surface area (Å²) in [6.45, 7) is 6.15. The number of rotatable bonds is 3. The van der Waals surface area contributed by atoms with Gasteiger partial charge in [0.05, 0.1) is 0 Å². The van der Waals surface area contributed by atoms with Gasteiger partial charge in [0.1, 0.15) is 5.82 Å². The van der Waals surface area contributed by atoms with E-state index >= 15 is 0 Å². The molecular weight excluding hydrogens is 202 g/mol. The van der Waals surface area contributed by atoms with Crippen LogP contribution in [-0.2, 0) is 6.42 Å². The average Bonchev–Trinajstić information content (AvgIpc) is 2.73. The van der Waals surface area contributed by atoms with Crippen molar-refractivity contribution in [2.24, 2.45) is 5.92 Å². The molecule has 0 aromatic carbocycles. The Morgan fingerprint density at radius 2 is 2.38 bits per heavy atom. The van der Waals surface area contributed by atoms with Gasteiger partial charge in [0.25, 0.3) is 5.56 Å². The van der Waals surface area contributed by atoms with E-state index in [9.17, 15) is 4.79 Å². The van der Waals surface area contributed by atoms with Crippen LogP contribution in [0.3, 0.4) is 0 Å². The number of aromatic nitrogens is 2. The maximum absolute atomic E-state index is 11.8. The van der Waals surface area contributed by atoms with Crippen molar-refractivity contribution in [1.29, 1.82) is 0 Å². The van der Waals surface area contributed by atoms with Crippen LogP contribution < -0.4 is 10.9 Å². The van der Waals surface area contributed by atoms with Gasteiger partial charge in [-0.2, -0.15) is 0 Å². The lowest BCUT2D eigenvalue weighted by Crippen LogP contribution is -2.20. The van der Waals surface area contributed by atoms with Gasteiger partial charge in [0.2, 0.25) is 0 Å². The van der Waals surface area contributed by atoms with Crippen LogP contribution in [0.5, 0.6) is 0 Å². The molecule has 2 heterocycles. The van der Waals surface area contributed by atoms with Crippen molar-refractivity contribution < 1.29 is 0 Å². The van der Waals surface area contributed by atoms with Gasteiger partial charge in [-0.05, 0) is 25.3 Å². The quantitative estimate of drug-likeness (QED) is 0.802. The molecular formula is C12H19N3O. The van der Waals surface area contributed by atoms with Crippen LogP contribution in [0.25, 0.3) is 0 Å². The molecule has 1 aliphatic rings. The molecule has 1 unspecified atom stereocenters. The van der Waals surface area contributed by atoms with E-state index in [1.807, 2.05) is 0 Å². The van der Waals surface area contributed by atoms with Crippen molar-refractivity contribution in [3.8, 4) is 0 Å². The summed E-state index contributed by atoms with van der Waals surface area (Å²) in [5.74, 6) is 1.70. The molecule has 0 bridgehead atoms. The lowest BCUT2D eigenvalue weighted by molar-refractivity contribution is 0.631. The lowest BCUT2D eigenvalue weighted by Gasteiger charge is -2.09. The third-order valence-corrected chi connectivity index (χ3v) is 2.97. The number of nitrogens with one attached hydrogen (secondary N) is 2. The van der Waals surface area contributed by atoms with E-state index in [-0.39, 0.29) is 5.56 Å². The molecule has 0 radical (unpaired) electrons. The molecule has 0 amide bonds. The number of nitrogens with zero attached hydrogens (tertiary/aromatic N) is 1. The molecule has 0 aliphatic carbocycles. The maximum atomic E-state index is 11.8. The monoisotopic (exact) mass is 221 g/mol. The molecule has 4 nitrogen and oxygen atoms in total. The molecule has 88 valence electrons. The second-order valence-corrected chi connectivity index (χ2v) is 4.91. The van der Waals surface area contributed by atoms with E-state index in [2.05, 4.69) is 29.1 Å². The van der Waals surface area contributed by atoms with Crippen molar-refractivity contribution in [3.05, 3.63) is 27.9 Å². The molecule has 0 spiro atoms. The van der Waals surface area contributed by atoms with Crippen LogP contribution in [0, 0.1) is 5.92 Å². The van der Waals surface area contributed by atoms with Gasteiger partial charge in [-0.25, -0.2) is 4.98 Å². The van der Waals surface area contributed by atoms with Gasteiger partial charge in [-0.1, -0.05) is 13.8 Å². The highest BCUT2D eigenvalue weighted by Gasteiger charge is 2.19. The predicted octanol–water partition coefficient (Wildman–Crippen LogP) is 1.05. The van der Waals surface area contributed by atoms with E-state index in [1.165, 1.54) is 0 Å². The molecule has 0 saturated carbocycles. The highest BCUT2D eigenvalue weighted by atomic mass is 16.1. The minimum atomic E-state index is 0.0330. The normalized spacial score (nSPS) is 20.6. The first-order chi connectivity index (χ1) is 7.66. The van der Waals surface area contributed by atoms with Crippen molar-refractivity contribution in [3.63, 3.8) is 0 Å². The predicted molar refractivity (Wildman–Crippen MR) is 63.6 cm³/mol. The highest BCUT2D eigenvalue weighted by molar-refractivity contribution is 5.09. The van der Waals surface area contributed by atoms with Crippen molar-refractivity contribution in [2.75, 3.05) is 13.1 Å². The second-order valence-electron chi connectivity index (χ2n) is 4.91. The fraction of sp³-hybridized carbons (Fsp3) is 0.667. The Balaban J connectivity index is 2.18. The molecule has 1 aromatic heterocycles. The zero-order chi connectivity index (χ0) is 11.5. The molecule has 1 aliphatic heterocycles. The first kappa shape index (κ1) is 11.3. The largest absolute Gasteiger partial charge is 0.316 e. The molecule has 1 aromatic rings. The molecule has 4 heteroatoms. The van der Waals surface area contributed by atoms with Gasteiger partial charge in [0.15, 0.2) is 0 Å². The third-order valence-electron chi connectivity index (χ3n) is 2.97. The first-order valence-corrected chi connectivity index (χ1v) is 5.95. The van der Waals surface area contributed by atoms with E-state index in [0.29, 0.717) is 11.8 Å². The first-order valence-electron chi connectivity index (χ1n) is 5.95. The van der Waals surface area contributed by atoms with Crippen LogP contribution in [0.4, 0.5) is 0 Å². The molecule has 1 saturated heterocycles. The Bertz CT molecular complexity index is 405. The minimum absolute atomic E-state index is 0.0330. The van der Waals surface area contributed by atoms with Crippen molar-refractivity contribution in [1.82, 2.24) is 15.3 Å². The second kappa shape index (κ2) is 4.78. The van der Waals surface area contributed by atoms with Gasteiger partial charge in [-0.15, -0.1) is 0 Å². The number of H-pyrrole nitrogens is 1. The summed E-state index contributed by atoms with van der Waals surface area (Å²) in [5, 5.41) is 3.28. The van der Waals surface area contributed by atoms with Crippen LogP contribution in [0.2, 0.25) is 0 Å². The Morgan fingerprint density at radius 1 is 1.56 bits per heavy atom. The summed E-state index contributed by atoms with van der Waals surface area (Å²) >= 11 is 0. The third kappa shape index (κ3) is 2.50. The zero-order valence-electron chi connectivity index (χ0n) is 9.92. The smallest absolute Gasteiger partial charge is 0.254 e. The topological polar surface area (TPSA) is 57.8 Å². The van der Waals surface area contributed by atoms with Crippen LogP contribution in [0.15, 0.2) is 11.0 Å². The van der Waals surface area contributed by atoms with E-state index < -0.39 is 0 Å². The highest BCUT2D eigenvalue weighted by Crippen LogP contribution is 2.17. The lowest BCUT2D eigenvalue weighted by atomic mass is 10.1. The number of aromatic amines is 1. The van der Waals surface area contributed by atoms with Gasteiger partial charge >= 0.3 is 0 Å². The summed E-state index contributed by atoms with van der Waals surface area (Å²) in [6.07, 6.45) is 3.60. The van der Waals surface area contributed by atoms with E-state index in [0.717, 1.165) is 37.3 Å². The Kier molecular flexibility index (Phi) is 3.39. The molecule has 1 atom stereocenters. The van der Waals surface area contributed by atoms with Crippen molar-refractivity contribution >= 4 is 0 Å². The van der Waals surface area contributed by atoms with Gasteiger partial charge in [0, 0.05) is 24.2 Å². The molecule has 16 heavy (non-hydrogen) atoms. The molecule has 2 rings (SSSR count). The van der Waals surface area contributed by atoms with E-state index in [4.69, 9.17) is 0 Å². The van der Waals surface area contributed by atoms with E-state index in [1.54, 1.807) is 6.20 Å². The minimum Gasteiger partial charge on any atom is -0.316 e. The summed E-state index contributed by atoms with van der Waals surface area (Å²) in [5.41, 5.74) is 0.829. The Hall–Kier alpha value is -1.16. The van der Waals surface area contributed by atoms with Gasteiger partial charge < -0.3 is 10.3 Å². The zero-order valence-corrected chi connectivity index (χ0v) is 9.92. The molecule has 1 fully saturated rings. The van der Waals surface area contributed by atoms with Crippen molar-refractivity contribution in [2.45, 2.75) is 32.6 Å².